The van der Waals surface area contributed by atoms with Crippen molar-refractivity contribution in [1.82, 2.24) is 4.72 Å². The van der Waals surface area contributed by atoms with Gasteiger partial charge < -0.3 is 4.79 Å². The first-order valence-electron chi connectivity index (χ1n) is 5.01. The molecule has 6 heteroatoms. The summed E-state index contributed by atoms with van der Waals surface area (Å²) in [6, 6.07) is 4.96. The molecule has 0 atom stereocenters. The second kappa shape index (κ2) is 5.29. The van der Waals surface area contributed by atoms with Crippen molar-refractivity contribution in [3.63, 3.8) is 0 Å². The molecule has 0 bridgehead atoms. The summed E-state index contributed by atoms with van der Waals surface area (Å²) in [4.78, 5) is 21.7. The topological polar surface area (TPSA) is 72.2 Å². The van der Waals surface area contributed by atoms with Gasteiger partial charge in [0.1, 0.15) is 6.29 Å². The quantitative estimate of drug-likeness (QED) is 0.378. The van der Waals surface area contributed by atoms with Crippen molar-refractivity contribution in [3.8, 4) is 0 Å². The van der Waals surface area contributed by atoms with Crippen LogP contribution in [-0.4, -0.2) is 16.7 Å². The zero-order valence-corrected chi connectivity index (χ0v) is 10.7. The van der Waals surface area contributed by atoms with Gasteiger partial charge in [-0.1, -0.05) is 6.07 Å². The summed E-state index contributed by atoms with van der Waals surface area (Å²) < 4.78 is 2.94. The van der Waals surface area contributed by atoms with Crippen molar-refractivity contribution in [1.29, 1.82) is 0 Å². The normalized spacial score (nSPS) is 11.2. The number of hydrogen-bond donors (Lipinski definition) is 1. The minimum absolute atomic E-state index is 0.0840. The van der Waals surface area contributed by atoms with Crippen LogP contribution in [0.3, 0.4) is 0 Å². The molecule has 0 radical (unpaired) electrons. The molecule has 0 spiro atoms. The molecule has 5 nitrogen and oxygen atoms in total. The van der Waals surface area contributed by atoms with Crippen molar-refractivity contribution in [2.75, 3.05) is 0 Å². The van der Waals surface area contributed by atoms with Crippen LogP contribution in [0.4, 0.5) is 5.69 Å². The summed E-state index contributed by atoms with van der Waals surface area (Å²) in [5.74, 6) is 0. The van der Waals surface area contributed by atoms with Gasteiger partial charge in [0.05, 0.1) is 10.5 Å². The van der Waals surface area contributed by atoms with Gasteiger partial charge in [0.25, 0.3) is 5.69 Å². The lowest BCUT2D eigenvalue weighted by Gasteiger charge is -2.17. The zero-order chi connectivity index (χ0) is 13.1. The van der Waals surface area contributed by atoms with Gasteiger partial charge in [0.2, 0.25) is 0 Å². The van der Waals surface area contributed by atoms with Crippen LogP contribution in [0.15, 0.2) is 23.1 Å². The molecule has 1 aromatic carbocycles. The summed E-state index contributed by atoms with van der Waals surface area (Å²) >= 11 is 1.21. The van der Waals surface area contributed by atoms with E-state index in [0.717, 1.165) is 6.29 Å². The van der Waals surface area contributed by atoms with Crippen LogP contribution >= 0.6 is 11.9 Å². The Morgan fingerprint density at radius 3 is 2.65 bits per heavy atom. The molecule has 1 aromatic rings. The third-order valence-electron chi connectivity index (χ3n) is 2.10. The first-order valence-corrected chi connectivity index (χ1v) is 5.83. The summed E-state index contributed by atoms with van der Waals surface area (Å²) in [5, 5.41) is 10.8. The number of carbonyl (C=O) groups is 1. The third kappa shape index (κ3) is 3.83. The molecular formula is C11H14N2O3S. The molecule has 0 saturated carbocycles. The van der Waals surface area contributed by atoms with Gasteiger partial charge in [-0.2, -0.15) is 0 Å². The molecule has 0 fully saturated rings. The largest absolute Gasteiger partial charge is 0.301 e. The van der Waals surface area contributed by atoms with E-state index in [4.69, 9.17) is 0 Å². The Balaban J connectivity index is 2.83. The lowest BCUT2D eigenvalue weighted by atomic mass is 10.1. The lowest BCUT2D eigenvalue weighted by molar-refractivity contribution is -0.385. The molecule has 1 N–H and O–H groups in total. The fourth-order valence-electron chi connectivity index (χ4n) is 1.06. The minimum Gasteiger partial charge on any atom is -0.301 e. The maximum atomic E-state index is 10.8. The molecule has 0 aliphatic carbocycles. The number of nitro groups is 1. The number of nitro benzene ring substituents is 1. The highest BCUT2D eigenvalue weighted by Gasteiger charge is 2.17. The second-order valence-electron chi connectivity index (χ2n) is 4.25. The van der Waals surface area contributed by atoms with Crippen LogP contribution in [0.5, 0.6) is 0 Å². The lowest BCUT2D eigenvalue weighted by Crippen LogP contribution is -2.35. The van der Waals surface area contributed by atoms with Crippen LogP contribution < -0.4 is 4.72 Å². The van der Waals surface area contributed by atoms with Crippen LogP contribution in [-0.2, 0) is 4.79 Å². The average molecular weight is 254 g/mol. The summed E-state index contributed by atoms with van der Waals surface area (Å²) in [6.07, 6.45) is 0.794. The van der Waals surface area contributed by atoms with Crippen LogP contribution in [0.1, 0.15) is 19.4 Å². The SMILES string of the molecule is Cc1ccc(SNC(C)(C)C=O)cc1[N+](=O)[O-]. The van der Waals surface area contributed by atoms with Crippen molar-refractivity contribution < 1.29 is 9.72 Å². The third-order valence-corrected chi connectivity index (χ3v) is 3.22. The van der Waals surface area contributed by atoms with Gasteiger partial charge >= 0.3 is 0 Å². The predicted molar refractivity (Wildman–Crippen MR) is 67.0 cm³/mol. The summed E-state index contributed by atoms with van der Waals surface area (Å²) in [6.45, 7) is 5.15. The first kappa shape index (κ1) is 13.7. The molecule has 0 aliphatic rings. The number of carbonyl (C=O) groups excluding carboxylic acids is 1. The Labute approximate surface area is 104 Å². The Morgan fingerprint density at radius 2 is 2.12 bits per heavy atom. The van der Waals surface area contributed by atoms with E-state index in [2.05, 4.69) is 4.72 Å². The molecule has 92 valence electrons. The van der Waals surface area contributed by atoms with E-state index < -0.39 is 10.5 Å². The Morgan fingerprint density at radius 1 is 1.47 bits per heavy atom. The fourth-order valence-corrected chi connectivity index (χ4v) is 1.80. The summed E-state index contributed by atoms with van der Waals surface area (Å²) in [7, 11) is 0. The van der Waals surface area contributed by atoms with Gasteiger partial charge in [0.15, 0.2) is 0 Å². The van der Waals surface area contributed by atoms with Gasteiger partial charge in [-0.05, 0) is 38.8 Å². The number of aryl methyl sites for hydroxylation is 1. The summed E-state index contributed by atoms with van der Waals surface area (Å²) in [5.41, 5.74) is 0.0411. The molecule has 1 rings (SSSR count). The molecular weight excluding hydrogens is 240 g/mol. The van der Waals surface area contributed by atoms with Crippen molar-refractivity contribution in [2.24, 2.45) is 0 Å². The highest BCUT2D eigenvalue weighted by molar-refractivity contribution is 7.97. The second-order valence-corrected chi connectivity index (χ2v) is 5.13. The number of rotatable bonds is 5. The van der Waals surface area contributed by atoms with Gasteiger partial charge in [-0.25, -0.2) is 4.72 Å². The van der Waals surface area contributed by atoms with E-state index in [1.165, 1.54) is 18.0 Å². The monoisotopic (exact) mass is 254 g/mol. The van der Waals surface area contributed by atoms with E-state index >= 15 is 0 Å². The van der Waals surface area contributed by atoms with Gasteiger partial charge in [0, 0.05) is 16.5 Å². The number of aldehydes is 1. The Hall–Kier alpha value is -1.40. The maximum absolute atomic E-state index is 10.8. The highest BCUT2D eigenvalue weighted by Crippen LogP contribution is 2.25. The standard InChI is InChI=1S/C11H14N2O3S/c1-8-4-5-9(6-10(8)13(15)16)17-12-11(2,3)7-14/h4-7,12H,1-3H3. The molecule has 0 aliphatic heterocycles. The average Bonchev–Trinajstić information content (AvgIpc) is 2.27. The number of nitrogens with one attached hydrogen (secondary N) is 1. The molecule has 0 saturated heterocycles. The van der Waals surface area contributed by atoms with Crippen molar-refractivity contribution >= 4 is 23.9 Å². The Bertz CT molecular complexity index is 446. The molecule has 0 aromatic heterocycles. The van der Waals surface area contributed by atoms with E-state index in [-0.39, 0.29) is 5.69 Å². The Kier molecular flexibility index (Phi) is 4.25. The molecule has 0 unspecified atom stereocenters. The molecule has 17 heavy (non-hydrogen) atoms. The number of nitrogens with zero attached hydrogens (tertiary/aromatic N) is 1. The smallest absolute Gasteiger partial charge is 0.273 e. The van der Waals surface area contributed by atoms with Crippen molar-refractivity contribution in [3.05, 3.63) is 33.9 Å². The van der Waals surface area contributed by atoms with E-state index in [1.807, 2.05) is 0 Å². The predicted octanol–water partition coefficient (Wildman–Crippen LogP) is 2.48. The van der Waals surface area contributed by atoms with Crippen LogP contribution in [0, 0.1) is 17.0 Å². The van der Waals surface area contributed by atoms with Crippen LogP contribution in [0.25, 0.3) is 0 Å². The van der Waals surface area contributed by atoms with Crippen LogP contribution in [0.2, 0.25) is 0 Å². The maximum Gasteiger partial charge on any atom is 0.273 e. The van der Waals surface area contributed by atoms with E-state index in [1.54, 1.807) is 32.9 Å². The first-order chi connectivity index (χ1) is 7.85. The number of hydrogen-bond acceptors (Lipinski definition) is 5. The van der Waals surface area contributed by atoms with E-state index in [0.29, 0.717) is 10.5 Å². The van der Waals surface area contributed by atoms with Gasteiger partial charge in [-0.15, -0.1) is 0 Å². The number of benzene rings is 1. The molecule has 0 amide bonds. The fraction of sp³-hybridized carbons (Fsp3) is 0.364. The molecule has 0 heterocycles. The van der Waals surface area contributed by atoms with Gasteiger partial charge in [-0.3, -0.25) is 10.1 Å². The zero-order valence-electron chi connectivity index (χ0n) is 9.89. The van der Waals surface area contributed by atoms with E-state index in [9.17, 15) is 14.9 Å². The van der Waals surface area contributed by atoms with Crippen molar-refractivity contribution in [2.45, 2.75) is 31.2 Å². The minimum atomic E-state index is -0.662. The highest BCUT2D eigenvalue weighted by atomic mass is 32.2.